The van der Waals surface area contributed by atoms with Gasteiger partial charge in [0.2, 0.25) is 0 Å². The third-order valence-corrected chi connectivity index (χ3v) is 2.93. The van der Waals surface area contributed by atoms with E-state index in [9.17, 15) is 0 Å². The average Bonchev–Trinajstić information content (AvgIpc) is 2.17. The van der Waals surface area contributed by atoms with Crippen LogP contribution in [0.2, 0.25) is 0 Å². The minimum atomic E-state index is 0.0555. The fraction of sp³-hybridized carbons (Fsp3) is 0.429. The van der Waals surface area contributed by atoms with Crippen LogP contribution in [-0.4, -0.2) is 9.97 Å². The van der Waals surface area contributed by atoms with Crippen molar-refractivity contribution in [2.24, 2.45) is 0 Å². The van der Waals surface area contributed by atoms with Crippen molar-refractivity contribution in [3.8, 4) is 0 Å². The second-order valence-electron chi connectivity index (χ2n) is 5.43. The van der Waals surface area contributed by atoms with E-state index in [2.05, 4.69) is 56.7 Å². The molecule has 1 aromatic heterocycles. The molecule has 2 rings (SSSR count). The minimum absolute atomic E-state index is 0.0555. The molecule has 1 heterocycles. The number of aromatic nitrogens is 2. The number of benzene rings is 1. The van der Waals surface area contributed by atoms with Crippen LogP contribution in [0.15, 0.2) is 18.3 Å². The Morgan fingerprint density at radius 2 is 1.50 bits per heavy atom. The first-order chi connectivity index (χ1) is 7.38. The second kappa shape index (κ2) is 3.55. The van der Waals surface area contributed by atoms with Gasteiger partial charge in [-0.05, 0) is 37.1 Å². The molecule has 2 nitrogen and oxygen atoms in total. The van der Waals surface area contributed by atoms with Crippen molar-refractivity contribution in [3.05, 3.63) is 35.2 Å². The van der Waals surface area contributed by atoms with Gasteiger partial charge in [-0.3, -0.25) is 4.98 Å². The lowest BCUT2D eigenvalue weighted by Gasteiger charge is -2.17. The van der Waals surface area contributed by atoms with Crippen molar-refractivity contribution in [1.82, 2.24) is 9.97 Å². The summed E-state index contributed by atoms with van der Waals surface area (Å²) in [6.45, 7) is 10.7. The largest absolute Gasteiger partial charge is 0.253 e. The molecule has 1 aromatic carbocycles. The molecule has 2 aromatic rings. The van der Waals surface area contributed by atoms with Gasteiger partial charge in [0.15, 0.2) is 0 Å². The Morgan fingerprint density at radius 3 is 2.06 bits per heavy atom. The van der Waals surface area contributed by atoms with Gasteiger partial charge < -0.3 is 0 Å². The monoisotopic (exact) mass is 214 g/mol. The van der Waals surface area contributed by atoms with Crippen LogP contribution in [0, 0.1) is 13.8 Å². The van der Waals surface area contributed by atoms with Crippen LogP contribution in [0.4, 0.5) is 0 Å². The average molecular weight is 214 g/mol. The molecule has 84 valence electrons. The van der Waals surface area contributed by atoms with Gasteiger partial charge in [-0.2, -0.15) is 0 Å². The van der Waals surface area contributed by atoms with Gasteiger partial charge in [0.25, 0.3) is 0 Å². The molecular formula is C14H18N2. The van der Waals surface area contributed by atoms with E-state index in [1.54, 1.807) is 0 Å². The predicted molar refractivity (Wildman–Crippen MR) is 67.7 cm³/mol. The maximum Gasteiger partial charge on any atom is 0.0893 e. The van der Waals surface area contributed by atoms with Crippen LogP contribution < -0.4 is 0 Å². The van der Waals surface area contributed by atoms with E-state index in [1.807, 2.05) is 6.20 Å². The molecule has 0 N–H and O–H groups in total. The fourth-order valence-electron chi connectivity index (χ4n) is 1.63. The van der Waals surface area contributed by atoms with Gasteiger partial charge in [0.05, 0.1) is 16.7 Å². The second-order valence-corrected chi connectivity index (χ2v) is 5.43. The Kier molecular flexibility index (Phi) is 2.45. The van der Waals surface area contributed by atoms with Gasteiger partial charge in [-0.1, -0.05) is 20.8 Å². The van der Waals surface area contributed by atoms with Gasteiger partial charge in [-0.15, -0.1) is 0 Å². The Labute approximate surface area is 96.7 Å². The Balaban J connectivity index is 2.67. The molecule has 0 amide bonds. The first kappa shape index (κ1) is 11.1. The number of rotatable bonds is 0. The van der Waals surface area contributed by atoms with Crippen LogP contribution in [0.5, 0.6) is 0 Å². The van der Waals surface area contributed by atoms with Crippen molar-refractivity contribution in [1.29, 1.82) is 0 Å². The normalized spacial score (nSPS) is 12.1. The van der Waals surface area contributed by atoms with Crippen LogP contribution >= 0.6 is 0 Å². The molecule has 0 unspecified atom stereocenters. The van der Waals surface area contributed by atoms with Crippen molar-refractivity contribution in [3.63, 3.8) is 0 Å². The molecule has 16 heavy (non-hydrogen) atoms. The highest BCUT2D eigenvalue weighted by molar-refractivity contribution is 5.76. The quantitative estimate of drug-likeness (QED) is 0.670. The third-order valence-electron chi connectivity index (χ3n) is 2.93. The van der Waals surface area contributed by atoms with Crippen molar-refractivity contribution in [2.75, 3.05) is 0 Å². The van der Waals surface area contributed by atoms with E-state index in [0.29, 0.717) is 0 Å². The Bertz CT molecular complexity index is 536. The predicted octanol–water partition coefficient (Wildman–Crippen LogP) is 3.54. The number of fused-ring (bicyclic) bond motifs is 1. The van der Waals surface area contributed by atoms with Crippen LogP contribution in [0.3, 0.4) is 0 Å². The van der Waals surface area contributed by atoms with Crippen LogP contribution in [0.1, 0.15) is 37.6 Å². The topological polar surface area (TPSA) is 25.8 Å². The van der Waals surface area contributed by atoms with E-state index in [4.69, 9.17) is 0 Å². The maximum atomic E-state index is 4.69. The van der Waals surface area contributed by atoms with E-state index in [1.165, 1.54) is 11.1 Å². The summed E-state index contributed by atoms with van der Waals surface area (Å²) in [5, 5.41) is 0. The van der Waals surface area contributed by atoms with Gasteiger partial charge >= 0.3 is 0 Å². The molecule has 0 saturated heterocycles. The molecule has 0 fully saturated rings. The van der Waals surface area contributed by atoms with Gasteiger partial charge in [0.1, 0.15) is 0 Å². The molecule has 0 bridgehead atoms. The van der Waals surface area contributed by atoms with Crippen LogP contribution in [-0.2, 0) is 5.41 Å². The van der Waals surface area contributed by atoms with E-state index in [0.717, 1.165) is 16.7 Å². The highest BCUT2D eigenvalue weighted by atomic mass is 14.8. The maximum absolute atomic E-state index is 4.69. The fourth-order valence-corrected chi connectivity index (χ4v) is 1.63. The molecule has 0 atom stereocenters. The minimum Gasteiger partial charge on any atom is -0.253 e. The first-order valence-corrected chi connectivity index (χ1v) is 5.62. The summed E-state index contributed by atoms with van der Waals surface area (Å²) in [5.41, 5.74) is 5.62. The first-order valence-electron chi connectivity index (χ1n) is 5.62. The van der Waals surface area contributed by atoms with E-state index >= 15 is 0 Å². The SMILES string of the molecule is Cc1cc2ncc(C(C)(C)C)nc2cc1C. The summed E-state index contributed by atoms with van der Waals surface area (Å²) >= 11 is 0. The van der Waals surface area contributed by atoms with Gasteiger partial charge in [-0.25, -0.2) is 4.98 Å². The highest BCUT2D eigenvalue weighted by Gasteiger charge is 2.16. The number of hydrogen-bond donors (Lipinski definition) is 0. The summed E-state index contributed by atoms with van der Waals surface area (Å²) in [5.74, 6) is 0. The molecule has 2 heteroatoms. The summed E-state index contributed by atoms with van der Waals surface area (Å²) in [6, 6.07) is 4.22. The zero-order valence-electron chi connectivity index (χ0n) is 10.6. The summed E-state index contributed by atoms with van der Waals surface area (Å²) in [6.07, 6.45) is 1.89. The molecule has 0 aliphatic carbocycles. The highest BCUT2D eigenvalue weighted by Crippen LogP contribution is 2.22. The van der Waals surface area contributed by atoms with Crippen molar-refractivity contribution >= 4 is 11.0 Å². The number of nitrogens with zero attached hydrogens (tertiary/aromatic N) is 2. The summed E-state index contributed by atoms with van der Waals surface area (Å²) < 4.78 is 0. The Morgan fingerprint density at radius 1 is 0.938 bits per heavy atom. The molecular weight excluding hydrogens is 196 g/mol. The standard InChI is InChI=1S/C14H18N2/c1-9-6-11-12(7-10(9)2)16-13(8-15-11)14(3,4)5/h6-8H,1-5H3. The van der Waals surface area contributed by atoms with Gasteiger partial charge in [0, 0.05) is 11.6 Å². The molecule has 0 aliphatic heterocycles. The number of hydrogen-bond acceptors (Lipinski definition) is 2. The summed E-state index contributed by atoms with van der Waals surface area (Å²) in [7, 11) is 0. The summed E-state index contributed by atoms with van der Waals surface area (Å²) in [4.78, 5) is 9.17. The molecule has 0 aliphatic rings. The van der Waals surface area contributed by atoms with Crippen LogP contribution in [0.25, 0.3) is 11.0 Å². The van der Waals surface area contributed by atoms with E-state index in [-0.39, 0.29) is 5.41 Å². The van der Waals surface area contributed by atoms with Crippen molar-refractivity contribution in [2.45, 2.75) is 40.0 Å². The zero-order valence-corrected chi connectivity index (χ0v) is 10.6. The van der Waals surface area contributed by atoms with E-state index < -0.39 is 0 Å². The Hall–Kier alpha value is -1.44. The molecule has 0 spiro atoms. The lowest BCUT2D eigenvalue weighted by molar-refractivity contribution is 0.568. The van der Waals surface area contributed by atoms with Crippen molar-refractivity contribution < 1.29 is 0 Å². The lowest BCUT2D eigenvalue weighted by atomic mass is 9.92. The lowest BCUT2D eigenvalue weighted by Crippen LogP contribution is -2.13. The molecule has 0 radical (unpaired) electrons. The smallest absolute Gasteiger partial charge is 0.0893 e. The third kappa shape index (κ3) is 1.92. The zero-order chi connectivity index (χ0) is 11.9. The number of aryl methyl sites for hydroxylation is 2. The molecule has 0 saturated carbocycles.